The van der Waals surface area contributed by atoms with Gasteiger partial charge in [-0.25, -0.2) is 15.0 Å². The second kappa shape index (κ2) is 14.5. The summed E-state index contributed by atoms with van der Waals surface area (Å²) >= 11 is 1.84. The van der Waals surface area contributed by atoms with E-state index in [9.17, 15) is 0 Å². The molecule has 57 heavy (non-hydrogen) atoms. The fourth-order valence-electron chi connectivity index (χ4n) is 7.68. The molecule has 0 amide bonds. The molecular formula is C52H35N3OS. The van der Waals surface area contributed by atoms with Gasteiger partial charge in [-0.1, -0.05) is 164 Å². The molecule has 0 aliphatic rings. The molecule has 0 unspecified atom stereocenters. The standard InChI is InChI=1S/C52H35N3OS/c1-3-15-36(30-33(2)34-16-6-4-7-17-34)40-23-13-25-44-45-26-14-24-41(49(45)57-48(40)44)37-20-12-21-38(31-37)51-53-50(35-18-8-5-9-19-35)54-52(55-51)39-28-29-43-42-22-10-11-27-46(42)56-47(43)32-39/h3-32H,1H2,2H3/b33-30+,36-15+. The summed E-state index contributed by atoms with van der Waals surface area (Å²) in [5.74, 6) is 1.81. The van der Waals surface area contributed by atoms with E-state index in [0.717, 1.165) is 49.8 Å². The monoisotopic (exact) mass is 749 g/mol. The van der Waals surface area contributed by atoms with E-state index in [0.29, 0.717) is 17.5 Å². The highest BCUT2D eigenvalue weighted by molar-refractivity contribution is 7.26. The molecule has 0 bridgehead atoms. The Hall–Kier alpha value is -7.21. The summed E-state index contributed by atoms with van der Waals surface area (Å²) in [6, 6.07) is 56.7. The van der Waals surface area contributed by atoms with Crippen LogP contribution in [0.1, 0.15) is 18.1 Å². The maximum atomic E-state index is 6.25. The number of aromatic nitrogens is 3. The summed E-state index contributed by atoms with van der Waals surface area (Å²) in [4.78, 5) is 15.2. The van der Waals surface area contributed by atoms with Crippen LogP contribution >= 0.6 is 11.3 Å². The van der Waals surface area contributed by atoms with Gasteiger partial charge < -0.3 is 4.42 Å². The lowest BCUT2D eigenvalue weighted by Crippen LogP contribution is -2.00. The van der Waals surface area contributed by atoms with Gasteiger partial charge in [0.1, 0.15) is 11.2 Å². The molecule has 0 saturated carbocycles. The minimum atomic E-state index is 0.589. The van der Waals surface area contributed by atoms with Gasteiger partial charge in [0.05, 0.1) is 0 Å². The number of para-hydroxylation sites is 1. The third-order valence-corrected chi connectivity index (χ3v) is 11.8. The molecule has 5 heteroatoms. The maximum absolute atomic E-state index is 6.25. The molecule has 0 fully saturated rings. The first-order valence-electron chi connectivity index (χ1n) is 19.0. The minimum absolute atomic E-state index is 0.589. The number of fused-ring (bicyclic) bond motifs is 6. The van der Waals surface area contributed by atoms with Gasteiger partial charge in [-0.05, 0) is 64.6 Å². The summed E-state index contributed by atoms with van der Waals surface area (Å²) in [5, 5.41) is 4.62. The summed E-state index contributed by atoms with van der Waals surface area (Å²) in [6.45, 7) is 6.23. The van der Waals surface area contributed by atoms with Crippen LogP contribution in [0.5, 0.6) is 0 Å². The average molecular weight is 750 g/mol. The van der Waals surface area contributed by atoms with Gasteiger partial charge in [0, 0.05) is 47.6 Å². The van der Waals surface area contributed by atoms with Crippen molar-refractivity contribution >= 4 is 64.6 Å². The number of allylic oxidation sites excluding steroid dienone is 5. The van der Waals surface area contributed by atoms with Gasteiger partial charge in [0.25, 0.3) is 0 Å². The van der Waals surface area contributed by atoms with E-state index < -0.39 is 0 Å². The molecule has 0 aliphatic carbocycles. The molecule has 10 aromatic rings. The van der Waals surface area contributed by atoms with Crippen molar-refractivity contribution in [3.8, 4) is 45.3 Å². The van der Waals surface area contributed by atoms with Gasteiger partial charge in [0.2, 0.25) is 0 Å². The molecule has 0 atom stereocenters. The Morgan fingerprint density at radius 3 is 1.91 bits per heavy atom. The zero-order chi connectivity index (χ0) is 38.3. The number of furan rings is 1. The molecule has 0 spiro atoms. The van der Waals surface area contributed by atoms with Crippen LogP contribution in [0, 0.1) is 0 Å². The highest BCUT2D eigenvalue weighted by Gasteiger charge is 2.18. The van der Waals surface area contributed by atoms with Crippen LogP contribution in [0.3, 0.4) is 0 Å². The fourth-order valence-corrected chi connectivity index (χ4v) is 9.05. The Kier molecular flexibility index (Phi) is 8.70. The third-order valence-electron chi connectivity index (χ3n) is 10.5. The smallest absolute Gasteiger partial charge is 0.164 e. The predicted molar refractivity (Wildman–Crippen MR) is 240 cm³/mol. The van der Waals surface area contributed by atoms with E-state index in [1.807, 2.05) is 72.0 Å². The largest absolute Gasteiger partial charge is 0.456 e. The fraction of sp³-hybridized carbons (Fsp3) is 0.0192. The zero-order valence-corrected chi connectivity index (χ0v) is 32.0. The third kappa shape index (κ3) is 6.34. The molecule has 7 aromatic carbocycles. The highest BCUT2D eigenvalue weighted by atomic mass is 32.1. The van der Waals surface area contributed by atoms with Crippen LogP contribution in [0.25, 0.3) is 98.5 Å². The number of nitrogens with zero attached hydrogens (tertiary/aromatic N) is 3. The number of rotatable bonds is 8. The first kappa shape index (κ1) is 34.3. The molecule has 4 nitrogen and oxygen atoms in total. The minimum Gasteiger partial charge on any atom is -0.456 e. The van der Waals surface area contributed by atoms with Crippen LogP contribution in [0.4, 0.5) is 0 Å². The summed E-state index contributed by atoms with van der Waals surface area (Å²) < 4.78 is 8.74. The topological polar surface area (TPSA) is 51.8 Å². The molecule has 10 rings (SSSR count). The quantitative estimate of drug-likeness (QED) is 0.145. The van der Waals surface area contributed by atoms with Crippen molar-refractivity contribution < 1.29 is 4.42 Å². The Labute approximate surface area is 334 Å². The van der Waals surface area contributed by atoms with Crippen molar-refractivity contribution in [3.63, 3.8) is 0 Å². The highest BCUT2D eigenvalue weighted by Crippen LogP contribution is 2.44. The zero-order valence-electron chi connectivity index (χ0n) is 31.2. The first-order valence-corrected chi connectivity index (χ1v) is 19.8. The summed E-state index contributed by atoms with van der Waals surface area (Å²) in [6.07, 6.45) is 6.25. The maximum Gasteiger partial charge on any atom is 0.164 e. The van der Waals surface area contributed by atoms with Gasteiger partial charge >= 0.3 is 0 Å². The van der Waals surface area contributed by atoms with Gasteiger partial charge in [-0.3, -0.25) is 0 Å². The number of hydrogen-bond acceptors (Lipinski definition) is 5. The molecule has 3 aromatic heterocycles. The SMILES string of the molecule is C=C/C=C(\C=C(/C)c1ccccc1)c1cccc2c1sc1c(-c3cccc(-c4nc(-c5ccccc5)nc(-c5ccc6c(c5)oc5ccccc56)n4)c3)cccc12. The second-order valence-electron chi connectivity index (χ2n) is 14.1. The van der Waals surface area contributed by atoms with Crippen molar-refractivity contribution in [2.75, 3.05) is 0 Å². The van der Waals surface area contributed by atoms with Crippen LogP contribution in [0.15, 0.2) is 193 Å². The van der Waals surface area contributed by atoms with E-state index in [-0.39, 0.29) is 0 Å². The van der Waals surface area contributed by atoms with Crippen LogP contribution in [0.2, 0.25) is 0 Å². The molecule has 0 radical (unpaired) electrons. The lowest BCUT2D eigenvalue weighted by molar-refractivity contribution is 0.669. The molecule has 0 N–H and O–H groups in total. The first-order chi connectivity index (χ1) is 28.1. The molecule has 3 heterocycles. The van der Waals surface area contributed by atoms with Crippen molar-refractivity contribution in [1.29, 1.82) is 0 Å². The summed E-state index contributed by atoms with van der Waals surface area (Å²) in [5.41, 5.74) is 11.3. The Morgan fingerprint density at radius 1 is 0.526 bits per heavy atom. The second-order valence-corrected chi connectivity index (χ2v) is 15.1. The Bertz CT molecular complexity index is 3210. The van der Waals surface area contributed by atoms with Crippen molar-refractivity contribution in [1.82, 2.24) is 15.0 Å². The van der Waals surface area contributed by atoms with Gasteiger partial charge in [-0.2, -0.15) is 0 Å². The van der Waals surface area contributed by atoms with E-state index in [1.165, 1.54) is 42.4 Å². The lowest BCUT2D eigenvalue weighted by atomic mass is 9.97. The normalized spacial score (nSPS) is 12.2. The lowest BCUT2D eigenvalue weighted by Gasteiger charge is -2.10. The molecule has 0 aliphatic heterocycles. The van der Waals surface area contributed by atoms with E-state index in [4.69, 9.17) is 19.4 Å². The van der Waals surface area contributed by atoms with Crippen molar-refractivity contribution in [3.05, 3.63) is 200 Å². The Balaban J connectivity index is 1.09. The van der Waals surface area contributed by atoms with Crippen molar-refractivity contribution in [2.24, 2.45) is 0 Å². The van der Waals surface area contributed by atoms with Crippen LogP contribution < -0.4 is 0 Å². The van der Waals surface area contributed by atoms with Gasteiger partial charge in [0.15, 0.2) is 17.5 Å². The van der Waals surface area contributed by atoms with Crippen molar-refractivity contribution in [2.45, 2.75) is 6.92 Å². The molecule has 0 saturated heterocycles. The molecular weight excluding hydrogens is 715 g/mol. The van der Waals surface area contributed by atoms with Crippen LogP contribution in [-0.2, 0) is 0 Å². The van der Waals surface area contributed by atoms with Gasteiger partial charge in [-0.15, -0.1) is 11.3 Å². The average Bonchev–Trinajstić information content (AvgIpc) is 3.85. The number of thiophene rings is 1. The number of benzene rings is 7. The molecule has 270 valence electrons. The van der Waals surface area contributed by atoms with E-state index in [1.54, 1.807) is 0 Å². The predicted octanol–water partition coefficient (Wildman–Crippen LogP) is 14.5. The summed E-state index contributed by atoms with van der Waals surface area (Å²) in [7, 11) is 0. The Morgan fingerprint density at radius 2 is 1.12 bits per heavy atom. The van der Waals surface area contributed by atoms with Crippen LogP contribution in [-0.4, -0.2) is 15.0 Å². The van der Waals surface area contributed by atoms with E-state index in [2.05, 4.69) is 135 Å². The van der Waals surface area contributed by atoms with E-state index >= 15 is 0 Å². The number of hydrogen-bond donors (Lipinski definition) is 0.